The molecular formula is C20H28S. The van der Waals surface area contributed by atoms with E-state index in [0.29, 0.717) is 5.92 Å². The quantitative estimate of drug-likeness (QED) is 0.563. The number of aryl methyl sites for hydroxylation is 1. The summed E-state index contributed by atoms with van der Waals surface area (Å²) in [6, 6.07) is 13.7. The molecule has 0 N–H and O–H groups in total. The molecule has 1 heteroatoms. The Morgan fingerprint density at radius 2 is 1.86 bits per heavy atom. The Labute approximate surface area is 134 Å². The minimum atomic E-state index is 0.636. The Kier molecular flexibility index (Phi) is 6.05. The third-order valence-electron chi connectivity index (χ3n) is 3.95. The van der Waals surface area contributed by atoms with Gasteiger partial charge in [0, 0.05) is 9.75 Å². The standard InChI is InChI=1S/C18H22S.C2H6/c1-13(2)17-10-11-18(19-17)16-5-3-4-15(12-16)9-8-14-6-7-14;1-2/h3-5,10-14H,6-9H2,1-2H3;1-2H3. The van der Waals surface area contributed by atoms with Crippen molar-refractivity contribution in [3.05, 3.63) is 46.8 Å². The van der Waals surface area contributed by atoms with Gasteiger partial charge < -0.3 is 0 Å². The van der Waals surface area contributed by atoms with Crippen molar-refractivity contribution < 1.29 is 0 Å². The lowest BCUT2D eigenvalue weighted by molar-refractivity contribution is 0.727. The van der Waals surface area contributed by atoms with Crippen LogP contribution in [0, 0.1) is 5.92 Å². The first-order valence-electron chi connectivity index (χ1n) is 8.41. The first-order valence-corrected chi connectivity index (χ1v) is 9.23. The van der Waals surface area contributed by atoms with Crippen molar-refractivity contribution in [2.24, 2.45) is 5.92 Å². The number of thiophene rings is 1. The minimum Gasteiger partial charge on any atom is -0.140 e. The minimum absolute atomic E-state index is 0.636. The van der Waals surface area contributed by atoms with Gasteiger partial charge in [0.15, 0.2) is 0 Å². The third-order valence-corrected chi connectivity index (χ3v) is 5.38. The smallest absolute Gasteiger partial charge is 0.0345 e. The Bertz CT molecular complexity index is 546. The molecule has 1 heterocycles. The highest BCUT2D eigenvalue weighted by Gasteiger charge is 2.20. The summed E-state index contributed by atoms with van der Waals surface area (Å²) in [7, 11) is 0. The average Bonchev–Trinajstić information content (AvgIpc) is 3.21. The molecule has 0 bridgehead atoms. The van der Waals surface area contributed by atoms with Crippen LogP contribution in [0.4, 0.5) is 0 Å². The lowest BCUT2D eigenvalue weighted by atomic mass is 10.0. The molecule has 0 spiro atoms. The highest BCUT2D eigenvalue weighted by atomic mass is 32.1. The molecular weight excluding hydrogens is 272 g/mol. The topological polar surface area (TPSA) is 0 Å². The number of benzene rings is 1. The zero-order chi connectivity index (χ0) is 15.2. The molecule has 0 saturated heterocycles. The molecule has 0 radical (unpaired) electrons. The van der Waals surface area contributed by atoms with E-state index in [4.69, 9.17) is 0 Å². The molecule has 1 saturated carbocycles. The fourth-order valence-electron chi connectivity index (χ4n) is 2.48. The van der Waals surface area contributed by atoms with Crippen LogP contribution >= 0.6 is 11.3 Å². The van der Waals surface area contributed by atoms with Crippen LogP contribution in [0.5, 0.6) is 0 Å². The van der Waals surface area contributed by atoms with Crippen LogP contribution in [-0.2, 0) is 6.42 Å². The summed E-state index contributed by atoms with van der Waals surface area (Å²) in [4.78, 5) is 2.90. The molecule has 3 rings (SSSR count). The van der Waals surface area contributed by atoms with Crippen LogP contribution in [0.15, 0.2) is 36.4 Å². The zero-order valence-electron chi connectivity index (χ0n) is 13.9. The van der Waals surface area contributed by atoms with E-state index in [9.17, 15) is 0 Å². The summed E-state index contributed by atoms with van der Waals surface area (Å²) in [6.45, 7) is 8.53. The summed E-state index contributed by atoms with van der Waals surface area (Å²) in [5, 5.41) is 0. The molecule has 1 aliphatic rings. The number of rotatable bonds is 5. The van der Waals surface area contributed by atoms with Crippen LogP contribution in [0.25, 0.3) is 10.4 Å². The molecule has 0 aliphatic heterocycles. The maximum absolute atomic E-state index is 2.39. The molecule has 0 amide bonds. The van der Waals surface area contributed by atoms with Crippen LogP contribution in [0.3, 0.4) is 0 Å². The summed E-state index contributed by atoms with van der Waals surface area (Å²) in [5.41, 5.74) is 2.90. The van der Waals surface area contributed by atoms with E-state index in [2.05, 4.69) is 50.2 Å². The van der Waals surface area contributed by atoms with Crippen molar-refractivity contribution in [1.29, 1.82) is 0 Å². The van der Waals surface area contributed by atoms with Crippen molar-refractivity contribution in [1.82, 2.24) is 0 Å². The second-order valence-electron chi connectivity index (χ2n) is 6.04. The fraction of sp³-hybridized carbons (Fsp3) is 0.500. The highest BCUT2D eigenvalue weighted by molar-refractivity contribution is 7.15. The predicted molar refractivity (Wildman–Crippen MR) is 96.2 cm³/mol. The van der Waals surface area contributed by atoms with Gasteiger partial charge in [-0.3, -0.25) is 0 Å². The summed E-state index contributed by atoms with van der Waals surface area (Å²) in [5.74, 6) is 1.66. The Hall–Kier alpha value is -1.08. The SMILES string of the molecule is CC.CC(C)c1ccc(-c2cccc(CCC3CC3)c2)s1. The fourth-order valence-corrected chi connectivity index (χ4v) is 3.48. The maximum atomic E-state index is 2.39. The van der Waals surface area contributed by atoms with Gasteiger partial charge in [-0.25, -0.2) is 0 Å². The molecule has 1 fully saturated rings. The second kappa shape index (κ2) is 7.79. The lowest BCUT2D eigenvalue weighted by Crippen LogP contribution is -1.87. The van der Waals surface area contributed by atoms with Crippen molar-refractivity contribution in [3.63, 3.8) is 0 Å². The van der Waals surface area contributed by atoms with Crippen molar-refractivity contribution in [3.8, 4) is 10.4 Å². The maximum Gasteiger partial charge on any atom is 0.0345 e. The third kappa shape index (κ3) is 4.71. The first-order chi connectivity index (χ1) is 10.2. The van der Waals surface area contributed by atoms with Gasteiger partial charge in [-0.15, -0.1) is 11.3 Å². The monoisotopic (exact) mass is 300 g/mol. The van der Waals surface area contributed by atoms with Gasteiger partial charge in [-0.2, -0.15) is 0 Å². The molecule has 114 valence electrons. The van der Waals surface area contributed by atoms with Gasteiger partial charge in [-0.1, -0.05) is 64.8 Å². The van der Waals surface area contributed by atoms with Gasteiger partial charge in [0.25, 0.3) is 0 Å². The molecule has 21 heavy (non-hydrogen) atoms. The summed E-state index contributed by atoms with van der Waals surface area (Å²) < 4.78 is 0. The van der Waals surface area contributed by atoms with Gasteiger partial charge in [-0.05, 0) is 47.9 Å². The van der Waals surface area contributed by atoms with E-state index in [1.165, 1.54) is 46.6 Å². The summed E-state index contributed by atoms with van der Waals surface area (Å²) >= 11 is 1.94. The molecule has 0 unspecified atom stereocenters. The Morgan fingerprint density at radius 1 is 1.10 bits per heavy atom. The van der Waals surface area contributed by atoms with E-state index in [0.717, 1.165) is 5.92 Å². The molecule has 1 aliphatic carbocycles. The predicted octanol–water partition coefficient (Wildman–Crippen LogP) is 6.91. The lowest BCUT2D eigenvalue weighted by Gasteiger charge is -2.04. The van der Waals surface area contributed by atoms with Gasteiger partial charge in [0.2, 0.25) is 0 Å². The van der Waals surface area contributed by atoms with Crippen molar-refractivity contribution >= 4 is 11.3 Å². The summed E-state index contributed by atoms with van der Waals surface area (Å²) in [6.07, 6.45) is 5.55. The van der Waals surface area contributed by atoms with E-state index in [-0.39, 0.29) is 0 Å². The largest absolute Gasteiger partial charge is 0.140 e. The van der Waals surface area contributed by atoms with Crippen LogP contribution in [0.2, 0.25) is 0 Å². The molecule has 2 aromatic rings. The van der Waals surface area contributed by atoms with Gasteiger partial charge >= 0.3 is 0 Å². The van der Waals surface area contributed by atoms with Gasteiger partial charge in [0.05, 0.1) is 0 Å². The van der Waals surface area contributed by atoms with Crippen LogP contribution in [-0.4, -0.2) is 0 Å². The highest BCUT2D eigenvalue weighted by Crippen LogP contribution is 2.35. The normalized spacial score (nSPS) is 14.0. The molecule has 1 aromatic carbocycles. The Morgan fingerprint density at radius 3 is 2.48 bits per heavy atom. The van der Waals surface area contributed by atoms with Crippen LogP contribution < -0.4 is 0 Å². The molecule has 0 atom stereocenters. The zero-order valence-corrected chi connectivity index (χ0v) is 14.7. The van der Waals surface area contributed by atoms with Crippen LogP contribution in [0.1, 0.15) is 63.3 Å². The molecule has 1 aromatic heterocycles. The average molecular weight is 301 g/mol. The van der Waals surface area contributed by atoms with Gasteiger partial charge in [0.1, 0.15) is 0 Å². The van der Waals surface area contributed by atoms with E-state index >= 15 is 0 Å². The Balaban J connectivity index is 0.000000774. The number of hydrogen-bond donors (Lipinski definition) is 0. The van der Waals surface area contributed by atoms with E-state index < -0.39 is 0 Å². The van der Waals surface area contributed by atoms with Crippen molar-refractivity contribution in [2.45, 2.75) is 59.3 Å². The van der Waals surface area contributed by atoms with E-state index in [1.807, 2.05) is 25.2 Å². The molecule has 0 nitrogen and oxygen atoms in total. The van der Waals surface area contributed by atoms with Crippen molar-refractivity contribution in [2.75, 3.05) is 0 Å². The number of hydrogen-bond acceptors (Lipinski definition) is 1. The second-order valence-corrected chi connectivity index (χ2v) is 7.15. The van der Waals surface area contributed by atoms with E-state index in [1.54, 1.807) is 0 Å². The first kappa shape index (κ1) is 16.3.